The zero-order valence-corrected chi connectivity index (χ0v) is 29.5. The van der Waals surface area contributed by atoms with Crippen LogP contribution in [0.3, 0.4) is 0 Å². The van der Waals surface area contributed by atoms with Crippen molar-refractivity contribution < 1.29 is 18.0 Å². The number of benzene rings is 7. The van der Waals surface area contributed by atoms with Gasteiger partial charge in [-0.25, -0.2) is 0 Å². The first-order valence-electron chi connectivity index (χ1n) is 18.6. The van der Waals surface area contributed by atoms with E-state index in [1.807, 2.05) is 42.5 Å². The zero-order chi connectivity index (χ0) is 36.0. The molecule has 0 bridgehead atoms. The highest BCUT2D eigenvalue weighted by atomic mass is 16.5. The van der Waals surface area contributed by atoms with Crippen molar-refractivity contribution in [2.45, 2.75) is 0 Å². The summed E-state index contributed by atoms with van der Waals surface area (Å²) in [6.07, 6.45) is 1.76. The van der Waals surface area contributed by atoms with Crippen molar-refractivity contribution in [3.63, 3.8) is 0 Å². The quantitative estimate of drug-likeness (QED) is 0.172. The molecule has 0 N–H and O–H groups in total. The summed E-state index contributed by atoms with van der Waals surface area (Å²) in [5, 5.41) is 3.18. The van der Waals surface area contributed by atoms with Gasteiger partial charge in [-0.15, -0.1) is 0 Å². The molecule has 55 heavy (non-hydrogen) atoms. The Hall–Kier alpha value is -7.11. The fourth-order valence-corrected chi connectivity index (χ4v) is 8.98. The van der Waals surface area contributed by atoms with E-state index < -0.39 is 0 Å². The predicted octanol–water partition coefficient (Wildman–Crippen LogP) is 8.51. The number of para-hydroxylation sites is 5. The molecule has 2 aliphatic rings. The van der Waals surface area contributed by atoms with E-state index in [1.165, 1.54) is 11.1 Å². The Morgan fingerprint density at radius 3 is 1.76 bits per heavy atom. The Bertz CT molecular complexity index is 3040. The van der Waals surface area contributed by atoms with Crippen LogP contribution in [0.1, 0.15) is 0 Å². The van der Waals surface area contributed by atoms with Crippen molar-refractivity contribution in [1.29, 1.82) is 0 Å². The Kier molecular flexibility index (Phi) is 6.46. The van der Waals surface area contributed by atoms with Crippen molar-refractivity contribution >= 4 is 96.6 Å². The standard InChI is InChI=1S/C48H29B2NO4/c1-2-10-30(11-3-1)31-18-20-32(21-19-31)49-45-36-12-4-7-15-40(36)54-47(45)50(46-44-35-28-29-52-39(35)26-27-43(44)55-48(46)49)33-22-24-34(25-23-33)51-37-13-5-8-16-41(37)53-42-17-9-6-14-38(42)51/h1-29H. The highest BCUT2D eigenvalue weighted by molar-refractivity contribution is 7.12. The normalized spacial score (nSPS) is 13.1. The molecule has 0 saturated carbocycles. The number of hydrogen-bond acceptors (Lipinski definition) is 5. The van der Waals surface area contributed by atoms with E-state index >= 15 is 0 Å². The van der Waals surface area contributed by atoms with Gasteiger partial charge in [-0.3, -0.25) is 0 Å². The maximum atomic E-state index is 7.07. The average molecular weight is 705 g/mol. The number of rotatable bonds is 4. The van der Waals surface area contributed by atoms with Crippen molar-refractivity contribution in [2.75, 3.05) is 4.90 Å². The summed E-state index contributed by atoms with van der Waals surface area (Å²) in [6, 6.07) is 59.2. The van der Waals surface area contributed by atoms with Crippen LogP contribution >= 0.6 is 0 Å². The van der Waals surface area contributed by atoms with Crippen LogP contribution in [-0.4, -0.2) is 13.4 Å². The van der Waals surface area contributed by atoms with E-state index in [9.17, 15) is 0 Å². The van der Waals surface area contributed by atoms with Crippen LogP contribution in [0.5, 0.6) is 11.5 Å². The maximum absolute atomic E-state index is 7.07. The van der Waals surface area contributed by atoms with Gasteiger partial charge < -0.3 is 22.9 Å². The lowest BCUT2D eigenvalue weighted by Crippen LogP contribution is -2.73. The topological polar surface area (TPSA) is 51.9 Å². The molecule has 0 spiro atoms. The lowest BCUT2D eigenvalue weighted by molar-refractivity contribution is 0.477. The van der Waals surface area contributed by atoms with Crippen LogP contribution in [0.2, 0.25) is 0 Å². The first-order chi connectivity index (χ1) is 27.3. The molecule has 0 aliphatic carbocycles. The Labute approximate surface area is 317 Å². The second-order valence-corrected chi connectivity index (χ2v) is 14.3. The first kappa shape index (κ1) is 30.4. The van der Waals surface area contributed by atoms with Gasteiger partial charge in [0.15, 0.2) is 11.5 Å². The smallest absolute Gasteiger partial charge is 0.290 e. The lowest BCUT2D eigenvalue weighted by Gasteiger charge is -2.33. The zero-order valence-electron chi connectivity index (χ0n) is 29.5. The van der Waals surface area contributed by atoms with Crippen molar-refractivity contribution in [2.24, 2.45) is 0 Å². The van der Waals surface area contributed by atoms with E-state index in [1.54, 1.807) is 6.26 Å². The van der Waals surface area contributed by atoms with E-state index in [0.717, 1.165) is 94.6 Å². The largest absolute Gasteiger partial charge is 0.471 e. The molecule has 0 atom stereocenters. The molecule has 0 saturated heterocycles. The molecule has 12 rings (SSSR count). The maximum Gasteiger partial charge on any atom is 0.290 e. The van der Waals surface area contributed by atoms with Gasteiger partial charge in [-0.05, 0) is 82.7 Å². The molecule has 2 aliphatic heterocycles. The Morgan fingerprint density at radius 1 is 0.418 bits per heavy atom. The number of ether oxygens (including phenoxy) is 1. The molecule has 5 nitrogen and oxygen atoms in total. The van der Waals surface area contributed by atoms with Crippen LogP contribution in [-0.2, 0) is 0 Å². The van der Waals surface area contributed by atoms with Crippen molar-refractivity contribution in [1.82, 2.24) is 0 Å². The number of hydrogen-bond donors (Lipinski definition) is 0. The molecule has 7 aromatic carbocycles. The van der Waals surface area contributed by atoms with Gasteiger partial charge in [0, 0.05) is 21.8 Å². The van der Waals surface area contributed by atoms with Crippen molar-refractivity contribution in [3.05, 3.63) is 176 Å². The van der Waals surface area contributed by atoms with Crippen LogP contribution in [0.4, 0.5) is 17.1 Å². The van der Waals surface area contributed by atoms with E-state index in [4.69, 9.17) is 18.0 Å². The van der Waals surface area contributed by atoms with Gasteiger partial charge in [-0.2, -0.15) is 0 Å². The van der Waals surface area contributed by atoms with Gasteiger partial charge >= 0.3 is 0 Å². The molecule has 0 radical (unpaired) electrons. The summed E-state index contributed by atoms with van der Waals surface area (Å²) in [5.41, 5.74) is 14.3. The summed E-state index contributed by atoms with van der Waals surface area (Å²) in [6.45, 7) is -0.429. The Balaban J connectivity index is 1.08. The molecular weight excluding hydrogens is 676 g/mol. The predicted molar refractivity (Wildman–Crippen MR) is 225 cm³/mol. The molecular formula is C48H29B2NO4. The Morgan fingerprint density at radius 2 is 1.00 bits per heavy atom. The summed E-state index contributed by atoms with van der Waals surface area (Å²) < 4.78 is 26.4. The lowest BCUT2D eigenvalue weighted by atomic mass is 9.24. The molecule has 0 unspecified atom stereocenters. The number of anilines is 3. The van der Waals surface area contributed by atoms with Gasteiger partial charge in [0.25, 0.3) is 13.4 Å². The van der Waals surface area contributed by atoms with Crippen LogP contribution in [0.25, 0.3) is 44.0 Å². The SMILES string of the molecule is c1ccc(-c2ccc(B3c4oc5ccc6occc6c5c4B(c4ccc(N5c6ccccc6Oc6ccccc65)cc4)c4oc5ccccc5c43)cc2)cc1. The molecule has 256 valence electrons. The van der Waals surface area contributed by atoms with E-state index in [2.05, 4.69) is 132 Å². The van der Waals surface area contributed by atoms with Crippen LogP contribution < -0.4 is 42.8 Å². The van der Waals surface area contributed by atoms with E-state index in [-0.39, 0.29) is 13.4 Å². The molecule has 10 aromatic rings. The highest BCUT2D eigenvalue weighted by Gasteiger charge is 2.47. The minimum atomic E-state index is -0.239. The van der Waals surface area contributed by atoms with Crippen molar-refractivity contribution in [3.8, 4) is 22.6 Å². The summed E-state index contributed by atoms with van der Waals surface area (Å²) >= 11 is 0. The first-order valence-corrected chi connectivity index (χ1v) is 18.6. The van der Waals surface area contributed by atoms with E-state index in [0.29, 0.717) is 0 Å². The van der Waals surface area contributed by atoms with Gasteiger partial charge in [0.1, 0.15) is 16.7 Å². The second-order valence-electron chi connectivity index (χ2n) is 14.3. The average Bonchev–Trinajstić information content (AvgIpc) is 3.98. The fraction of sp³-hybridized carbons (Fsp3) is 0. The third-order valence-corrected chi connectivity index (χ3v) is 11.4. The summed E-state index contributed by atoms with van der Waals surface area (Å²) in [7, 11) is 0. The molecule has 3 aromatic heterocycles. The minimum Gasteiger partial charge on any atom is -0.471 e. The third-order valence-electron chi connectivity index (χ3n) is 11.4. The number of nitrogens with zero attached hydrogens (tertiary/aromatic N) is 1. The molecule has 0 fully saturated rings. The number of furan rings is 3. The molecule has 5 heterocycles. The van der Waals surface area contributed by atoms with Crippen LogP contribution in [0.15, 0.2) is 189 Å². The van der Waals surface area contributed by atoms with Gasteiger partial charge in [0.2, 0.25) is 0 Å². The minimum absolute atomic E-state index is 0.190. The van der Waals surface area contributed by atoms with Gasteiger partial charge in [0.05, 0.1) is 29.0 Å². The fourth-order valence-electron chi connectivity index (χ4n) is 8.98. The van der Waals surface area contributed by atoms with Crippen LogP contribution in [0, 0.1) is 0 Å². The molecule has 7 heteroatoms. The van der Waals surface area contributed by atoms with Gasteiger partial charge in [-0.1, -0.05) is 120 Å². The number of fused-ring (bicyclic) bond motifs is 10. The summed E-state index contributed by atoms with van der Waals surface area (Å²) in [5.74, 6) is 1.65. The second kappa shape index (κ2) is 11.7. The highest BCUT2D eigenvalue weighted by Crippen LogP contribution is 2.49. The third kappa shape index (κ3) is 4.50. The summed E-state index contributed by atoms with van der Waals surface area (Å²) in [4.78, 5) is 2.27. The molecule has 0 amide bonds. The monoisotopic (exact) mass is 705 g/mol.